The van der Waals surface area contributed by atoms with Gasteiger partial charge in [-0.25, -0.2) is 4.99 Å². The second kappa shape index (κ2) is 10.7. The van der Waals surface area contributed by atoms with E-state index >= 15 is 0 Å². The fraction of sp³-hybridized carbons (Fsp3) is 0.0645. The molecule has 1 amide bonds. The van der Waals surface area contributed by atoms with Gasteiger partial charge >= 0.3 is 0 Å². The average molecular weight is 535 g/mol. The highest BCUT2D eigenvalue weighted by Crippen LogP contribution is 2.37. The van der Waals surface area contributed by atoms with E-state index in [1.54, 1.807) is 12.1 Å². The van der Waals surface area contributed by atoms with Crippen LogP contribution in [0.1, 0.15) is 29.2 Å². The Morgan fingerprint density at radius 1 is 0.895 bits per heavy atom. The van der Waals surface area contributed by atoms with Crippen LogP contribution in [0.2, 0.25) is 5.02 Å². The van der Waals surface area contributed by atoms with Crippen LogP contribution in [-0.4, -0.2) is 16.8 Å². The van der Waals surface area contributed by atoms with Crippen LogP contribution in [0.25, 0.3) is 6.08 Å². The largest absolute Gasteiger partial charge is 0.300 e. The number of carbonyl (C=O) groups excluding carboxylic acids is 1. The minimum Gasteiger partial charge on any atom is -0.300 e. The van der Waals surface area contributed by atoms with Crippen molar-refractivity contribution in [1.29, 1.82) is 0 Å². The van der Waals surface area contributed by atoms with Gasteiger partial charge in [-0.2, -0.15) is 5.10 Å². The Labute approximate surface area is 230 Å². The molecule has 0 aliphatic carbocycles. The number of anilines is 1. The molecule has 4 aromatic carbocycles. The van der Waals surface area contributed by atoms with Gasteiger partial charge in [0.25, 0.3) is 5.24 Å². The Kier molecular flexibility index (Phi) is 6.82. The van der Waals surface area contributed by atoms with E-state index in [4.69, 9.17) is 16.7 Å². The topological polar surface area (TPSA) is 57.1 Å². The number of aliphatic imine (C=N–C) groups is 1. The van der Waals surface area contributed by atoms with Crippen molar-refractivity contribution in [3.8, 4) is 0 Å². The van der Waals surface area contributed by atoms with E-state index in [-0.39, 0.29) is 11.3 Å². The normalized spacial score (nSPS) is 19.2. The summed E-state index contributed by atoms with van der Waals surface area (Å²) >= 11 is 7.12. The van der Waals surface area contributed by atoms with E-state index in [9.17, 15) is 4.79 Å². The van der Waals surface area contributed by atoms with Crippen molar-refractivity contribution in [2.24, 2.45) is 10.1 Å². The average Bonchev–Trinajstić information content (AvgIpc) is 3.55. The molecule has 2 heterocycles. The first-order chi connectivity index (χ1) is 18.6. The van der Waals surface area contributed by atoms with Gasteiger partial charge in [-0.15, -0.1) is 0 Å². The molecule has 7 heteroatoms. The number of nitrogens with zero attached hydrogens (tertiary/aromatic N) is 3. The van der Waals surface area contributed by atoms with E-state index in [2.05, 4.69) is 63.8 Å². The maximum Gasteiger partial charge on any atom is 0.289 e. The van der Waals surface area contributed by atoms with Crippen LogP contribution in [0.4, 0.5) is 16.2 Å². The number of rotatable bonds is 5. The van der Waals surface area contributed by atoms with Crippen molar-refractivity contribution in [3.63, 3.8) is 0 Å². The molecular formula is C31H23ClN4OS. The monoisotopic (exact) mass is 534 g/mol. The number of carbonyl (C=O) groups is 1. The number of hydrogen-bond donors (Lipinski definition) is 1. The molecule has 0 spiro atoms. The smallest absolute Gasteiger partial charge is 0.289 e. The lowest BCUT2D eigenvalue weighted by atomic mass is 9.98. The van der Waals surface area contributed by atoms with Crippen LogP contribution < -0.4 is 10.3 Å². The molecule has 5 nitrogen and oxygen atoms in total. The number of amides is 1. The van der Waals surface area contributed by atoms with Crippen LogP contribution in [0.15, 0.2) is 124 Å². The summed E-state index contributed by atoms with van der Waals surface area (Å²) in [6.07, 6.45) is 2.80. The number of hydrazone groups is 1. The highest BCUT2D eigenvalue weighted by atomic mass is 35.5. The predicted molar refractivity (Wildman–Crippen MR) is 158 cm³/mol. The van der Waals surface area contributed by atoms with E-state index in [1.807, 2.05) is 54.6 Å². The van der Waals surface area contributed by atoms with Gasteiger partial charge in [0.05, 0.1) is 28.0 Å². The lowest BCUT2D eigenvalue weighted by Crippen LogP contribution is -2.18. The lowest BCUT2D eigenvalue weighted by Gasteiger charge is -2.24. The van der Waals surface area contributed by atoms with Gasteiger partial charge in [0.1, 0.15) is 5.84 Å². The third-order valence-corrected chi connectivity index (χ3v) is 7.45. The number of halogens is 1. The number of thioether (sulfide) groups is 1. The summed E-state index contributed by atoms with van der Waals surface area (Å²) in [7, 11) is 0. The van der Waals surface area contributed by atoms with Crippen molar-refractivity contribution in [2.45, 2.75) is 12.5 Å². The van der Waals surface area contributed by atoms with E-state index in [1.165, 1.54) is 5.56 Å². The molecule has 2 aliphatic rings. The van der Waals surface area contributed by atoms with Gasteiger partial charge in [-0.1, -0.05) is 84.4 Å². The lowest BCUT2D eigenvalue weighted by molar-refractivity contribution is 0.265. The molecule has 1 fully saturated rings. The van der Waals surface area contributed by atoms with Crippen LogP contribution in [0.5, 0.6) is 0 Å². The third kappa shape index (κ3) is 5.28. The molecule has 1 unspecified atom stereocenters. The summed E-state index contributed by atoms with van der Waals surface area (Å²) in [5, 5.41) is 10.5. The van der Waals surface area contributed by atoms with Crippen molar-refractivity contribution in [3.05, 3.63) is 136 Å². The van der Waals surface area contributed by atoms with Crippen molar-refractivity contribution in [1.82, 2.24) is 5.32 Å². The summed E-state index contributed by atoms with van der Waals surface area (Å²) in [6.45, 7) is 0. The zero-order chi connectivity index (χ0) is 25.9. The van der Waals surface area contributed by atoms with E-state index in [0.29, 0.717) is 10.9 Å². The first-order valence-electron chi connectivity index (χ1n) is 12.2. The van der Waals surface area contributed by atoms with Gasteiger partial charge in [-0.05, 0) is 70.9 Å². The Bertz CT molecular complexity index is 1550. The minimum atomic E-state index is -0.147. The highest BCUT2D eigenvalue weighted by Gasteiger charge is 2.30. The molecule has 0 bridgehead atoms. The number of hydrogen-bond acceptors (Lipinski definition) is 5. The Hall–Kier alpha value is -4.13. The second-order valence-electron chi connectivity index (χ2n) is 8.94. The van der Waals surface area contributed by atoms with E-state index in [0.717, 1.165) is 51.3 Å². The van der Waals surface area contributed by atoms with Crippen LogP contribution >= 0.6 is 23.4 Å². The molecule has 6 rings (SSSR count). The molecule has 1 saturated heterocycles. The van der Waals surface area contributed by atoms with Gasteiger partial charge in [-0.3, -0.25) is 9.80 Å². The highest BCUT2D eigenvalue weighted by molar-refractivity contribution is 8.18. The Morgan fingerprint density at radius 3 is 2.29 bits per heavy atom. The standard InChI is InChI=1S/C31H23ClN4OS/c32-24-13-15-25(16-14-24)33-30-29(38-31(37)34-30)19-21-11-17-26(18-12-21)36-28(23-9-5-2-6-10-23)20-27(35-36)22-7-3-1-4-8-22/h1-19,28H,20H2,(H,33,34,37)/b29-19-. The Balaban J connectivity index is 1.29. The number of nitrogens with one attached hydrogen (secondary N) is 1. The molecule has 1 atom stereocenters. The van der Waals surface area contributed by atoms with Gasteiger partial charge < -0.3 is 5.32 Å². The van der Waals surface area contributed by atoms with E-state index < -0.39 is 0 Å². The summed E-state index contributed by atoms with van der Waals surface area (Å²) < 4.78 is 0. The van der Waals surface area contributed by atoms with Gasteiger partial charge in [0, 0.05) is 11.4 Å². The molecule has 0 radical (unpaired) electrons. The van der Waals surface area contributed by atoms with Crippen LogP contribution in [0.3, 0.4) is 0 Å². The molecular weight excluding hydrogens is 512 g/mol. The second-order valence-corrected chi connectivity index (χ2v) is 10.4. The fourth-order valence-electron chi connectivity index (χ4n) is 4.52. The number of benzene rings is 4. The minimum absolute atomic E-state index is 0.112. The van der Waals surface area contributed by atoms with Gasteiger partial charge in [0.15, 0.2) is 0 Å². The fourth-order valence-corrected chi connectivity index (χ4v) is 5.38. The molecule has 186 valence electrons. The first kappa shape index (κ1) is 24.2. The quantitative estimate of drug-likeness (QED) is 0.280. The van der Waals surface area contributed by atoms with Crippen molar-refractivity contribution in [2.75, 3.05) is 5.01 Å². The maximum absolute atomic E-state index is 12.1. The van der Waals surface area contributed by atoms with Crippen molar-refractivity contribution < 1.29 is 4.79 Å². The van der Waals surface area contributed by atoms with Crippen LogP contribution in [-0.2, 0) is 0 Å². The third-order valence-electron chi connectivity index (χ3n) is 6.38. The van der Waals surface area contributed by atoms with Crippen molar-refractivity contribution >= 4 is 57.6 Å². The Morgan fingerprint density at radius 2 is 1.58 bits per heavy atom. The van der Waals surface area contributed by atoms with Crippen LogP contribution in [0, 0.1) is 0 Å². The molecule has 1 N–H and O–H groups in total. The van der Waals surface area contributed by atoms with Gasteiger partial charge in [0.2, 0.25) is 0 Å². The zero-order valence-electron chi connectivity index (χ0n) is 20.3. The molecule has 2 aliphatic heterocycles. The summed E-state index contributed by atoms with van der Waals surface area (Å²) in [5.74, 6) is 0.534. The number of amidine groups is 1. The maximum atomic E-state index is 12.1. The summed E-state index contributed by atoms with van der Waals surface area (Å²) in [5.41, 5.74) is 6.14. The molecule has 0 saturated carbocycles. The summed E-state index contributed by atoms with van der Waals surface area (Å²) in [4.78, 5) is 17.5. The zero-order valence-corrected chi connectivity index (χ0v) is 21.9. The molecule has 4 aromatic rings. The summed E-state index contributed by atoms with van der Waals surface area (Å²) in [6, 6.07) is 36.4. The first-order valence-corrected chi connectivity index (χ1v) is 13.4. The predicted octanol–water partition coefficient (Wildman–Crippen LogP) is 8.22. The molecule has 38 heavy (non-hydrogen) atoms. The molecule has 0 aromatic heterocycles. The SMILES string of the molecule is O=C1NC(=Nc2ccc(Cl)cc2)/C(=C/c2ccc(N3N=C(c4ccccc4)CC3c3ccccc3)cc2)S1.